The van der Waals surface area contributed by atoms with Gasteiger partial charge in [0.05, 0.1) is 12.1 Å². The van der Waals surface area contributed by atoms with Crippen LogP contribution in [-0.4, -0.2) is 10.9 Å². The average molecular weight is 275 g/mol. The molecular weight excluding hydrogens is 264 g/mol. The number of nitrogens with one attached hydrogen (secondary N) is 1. The molecule has 0 aliphatic carbocycles. The van der Waals surface area contributed by atoms with Crippen LogP contribution in [0.1, 0.15) is 11.3 Å². The summed E-state index contributed by atoms with van der Waals surface area (Å²) >= 11 is 5.92. The van der Waals surface area contributed by atoms with Crippen LogP contribution < -0.4 is 10.1 Å². The maximum atomic E-state index is 11.3. The molecule has 0 fully saturated rings. The van der Waals surface area contributed by atoms with Crippen LogP contribution in [0.4, 0.5) is 0 Å². The standard InChI is InChI=1S/C14H11ClN2O2/c15-9-2-1-3-10(6-9)19-13-4-5-16-12-7-14(18)17-8-11(12)13/h1-6H,7-8H2,(H,17,18). The van der Waals surface area contributed by atoms with E-state index in [0.29, 0.717) is 29.5 Å². The lowest BCUT2D eigenvalue weighted by atomic mass is 10.1. The molecule has 0 bridgehead atoms. The van der Waals surface area contributed by atoms with Crippen molar-refractivity contribution in [2.45, 2.75) is 13.0 Å². The minimum atomic E-state index is -0.0140. The van der Waals surface area contributed by atoms with Crippen molar-refractivity contribution in [1.29, 1.82) is 0 Å². The lowest BCUT2D eigenvalue weighted by Crippen LogP contribution is -2.31. The Balaban J connectivity index is 1.94. The Morgan fingerprint density at radius 3 is 3.05 bits per heavy atom. The van der Waals surface area contributed by atoms with E-state index < -0.39 is 0 Å². The average Bonchev–Trinajstić information content (AvgIpc) is 2.38. The summed E-state index contributed by atoms with van der Waals surface area (Å²) in [7, 11) is 0. The first-order valence-corrected chi connectivity index (χ1v) is 6.27. The summed E-state index contributed by atoms with van der Waals surface area (Å²) in [6.07, 6.45) is 1.94. The van der Waals surface area contributed by atoms with E-state index >= 15 is 0 Å². The minimum Gasteiger partial charge on any atom is -0.457 e. The number of pyridine rings is 1. The summed E-state index contributed by atoms with van der Waals surface area (Å²) < 4.78 is 5.82. The minimum absolute atomic E-state index is 0.0140. The van der Waals surface area contributed by atoms with E-state index in [9.17, 15) is 4.79 Å². The van der Waals surface area contributed by atoms with E-state index in [-0.39, 0.29) is 5.91 Å². The fourth-order valence-corrected chi connectivity index (χ4v) is 2.19. The largest absolute Gasteiger partial charge is 0.457 e. The molecular formula is C14H11ClN2O2. The topological polar surface area (TPSA) is 51.2 Å². The van der Waals surface area contributed by atoms with Gasteiger partial charge in [-0.1, -0.05) is 17.7 Å². The Hall–Kier alpha value is -2.07. The van der Waals surface area contributed by atoms with Gasteiger partial charge in [-0.2, -0.15) is 0 Å². The number of carbonyl (C=O) groups excluding carboxylic acids is 1. The molecule has 19 heavy (non-hydrogen) atoms. The van der Waals surface area contributed by atoms with Crippen molar-refractivity contribution in [2.75, 3.05) is 0 Å². The van der Waals surface area contributed by atoms with Crippen molar-refractivity contribution >= 4 is 17.5 Å². The van der Waals surface area contributed by atoms with Gasteiger partial charge in [-0.05, 0) is 24.3 Å². The summed E-state index contributed by atoms with van der Waals surface area (Å²) in [6, 6.07) is 8.98. The highest BCUT2D eigenvalue weighted by Crippen LogP contribution is 2.29. The molecule has 0 spiro atoms. The molecule has 1 aliphatic heterocycles. The summed E-state index contributed by atoms with van der Waals surface area (Å²) in [5.74, 6) is 1.35. The maximum Gasteiger partial charge on any atom is 0.226 e. The summed E-state index contributed by atoms with van der Waals surface area (Å²) in [5, 5.41) is 3.41. The van der Waals surface area contributed by atoms with Crippen molar-refractivity contribution in [3.63, 3.8) is 0 Å². The molecule has 1 amide bonds. The second kappa shape index (κ2) is 4.90. The first kappa shape index (κ1) is 12.0. The van der Waals surface area contributed by atoms with Gasteiger partial charge < -0.3 is 10.1 Å². The number of nitrogens with zero attached hydrogens (tertiary/aromatic N) is 1. The maximum absolute atomic E-state index is 11.3. The van der Waals surface area contributed by atoms with Gasteiger partial charge >= 0.3 is 0 Å². The molecule has 2 heterocycles. The molecule has 5 heteroatoms. The molecule has 0 atom stereocenters. The predicted octanol–water partition coefficient (Wildman–Crippen LogP) is 2.70. The van der Waals surface area contributed by atoms with Crippen molar-refractivity contribution < 1.29 is 9.53 Å². The Kier molecular flexibility index (Phi) is 3.09. The Morgan fingerprint density at radius 2 is 2.21 bits per heavy atom. The molecule has 0 radical (unpaired) electrons. The third-order valence-electron chi connectivity index (χ3n) is 2.92. The molecule has 1 aromatic heterocycles. The first-order valence-electron chi connectivity index (χ1n) is 5.89. The summed E-state index contributed by atoms with van der Waals surface area (Å²) in [4.78, 5) is 15.6. The molecule has 1 aliphatic rings. The highest BCUT2D eigenvalue weighted by Gasteiger charge is 2.19. The quantitative estimate of drug-likeness (QED) is 0.916. The van der Waals surface area contributed by atoms with Crippen LogP contribution in [0, 0.1) is 0 Å². The third kappa shape index (κ3) is 2.53. The van der Waals surface area contributed by atoms with Crippen molar-refractivity contribution in [1.82, 2.24) is 10.3 Å². The molecule has 0 saturated carbocycles. The van der Waals surface area contributed by atoms with E-state index in [0.717, 1.165) is 11.3 Å². The third-order valence-corrected chi connectivity index (χ3v) is 3.15. The van der Waals surface area contributed by atoms with Crippen LogP contribution in [0.3, 0.4) is 0 Å². The Bertz CT molecular complexity index is 643. The van der Waals surface area contributed by atoms with Crippen molar-refractivity contribution in [3.8, 4) is 11.5 Å². The zero-order chi connectivity index (χ0) is 13.2. The monoisotopic (exact) mass is 274 g/mol. The predicted molar refractivity (Wildman–Crippen MR) is 71.3 cm³/mol. The van der Waals surface area contributed by atoms with Crippen LogP contribution in [0.15, 0.2) is 36.5 Å². The highest BCUT2D eigenvalue weighted by atomic mass is 35.5. The Labute approximate surface area is 115 Å². The molecule has 1 N–H and O–H groups in total. The van der Waals surface area contributed by atoms with Crippen LogP contribution in [0.2, 0.25) is 5.02 Å². The molecule has 96 valence electrons. The highest BCUT2D eigenvalue weighted by molar-refractivity contribution is 6.30. The summed E-state index contributed by atoms with van der Waals surface area (Å²) in [6.45, 7) is 0.442. The van der Waals surface area contributed by atoms with Crippen LogP contribution in [0.5, 0.6) is 11.5 Å². The smallest absolute Gasteiger partial charge is 0.226 e. The number of fused-ring (bicyclic) bond motifs is 1. The van der Waals surface area contributed by atoms with Gasteiger partial charge in [0.25, 0.3) is 0 Å². The van der Waals surface area contributed by atoms with E-state index in [1.165, 1.54) is 0 Å². The van der Waals surface area contributed by atoms with E-state index in [1.54, 1.807) is 24.4 Å². The number of carbonyl (C=O) groups is 1. The lowest BCUT2D eigenvalue weighted by molar-refractivity contribution is -0.121. The number of halogens is 1. The van der Waals surface area contributed by atoms with Gasteiger partial charge in [0.1, 0.15) is 11.5 Å². The van der Waals surface area contributed by atoms with Gasteiger partial charge in [0.2, 0.25) is 5.91 Å². The molecule has 0 unspecified atom stereocenters. The van der Waals surface area contributed by atoms with E-state index in [4.69, 9.17) is 16.3 Å². The number of rotatable bonds is 2. The summed E-state index contributed by atoms with van der Waals surface area (Å²) in [5.41, 5.74) is 1.69. The number of aromatic nitrogens is 1. The van der Waals surface area contributed by atoms with Crippen LogP contribution in [-0.2, 0) is 17.8 Å². The number of ether oxygens (including phenoxy) is 1. The van der Waals surface area contributed by atoms with Crippen LogP contribution >= 0.6 is 11.6 Å². The van der Waals surface area contributed by atoms with Crippen molar-refractivity contribution in [3.05, 3.63) is 52.8 Å². The molecule has 1 aromatic carbocycles. The zero-order valence-corrected chi connectivity index (χ0v) is 10.8. The SMILES string of the molecule is O=C1Cc2nccc(Oc3cccc(Cl)c3)c2CN1. The van der Waals surface area contributed by atoms with Gasteiger partial charge in [-0.3, -0.25) is 9.78 Å². The van der Waals surface area contributed by atoms with Gasteiger partial charge in [0, 0.05) is 23.3 Å². The molecule has 0 saturated heterocycles. The number of benzene rings is 1. The fraction of sp³-hybridized carbons (Fsp3) is 0.143. The lowest BCUT2D eigenvalue weighted by Gasteiger charge is -2.19. The van der Waals surface area contributed by atoms with Crippen LogP contribution in [0.25, 0.3) is 0 Å². The second-order valence-corrected chi connectivity index (χ2v) is 4.68. The molecule has 4 nitrogen and oxygen atoms in total. The first-order chi connectivity index (χ1) is 9.22. The molecule has 2 aromatic rings. The molecule has 3 rings (SSSR count). The van der Waals surface area contributed by atoms with E-state index in [1.807, 2.05) is 12.1 Å². The normalized spacial score (nSPS) is 13.6. The zero-order valence-electron chi connectivity index (χ0n) is 10.0. The number of hydrogen-bond donors (Lipinski definition) is 1. The van der Waals surface area contributed by atoms with Gasteiger partial charge in [-0.15, -0.1) is 0 Å². The Morgan fingerprint density at radius 1 is 1.32 bits per heavy atom. The second-order valence-electron chi connectivity index (χ2n) is 4.25. The number of hydrogen-bond acceptors (Lipinski definition) is 3. The van der Waals surface area contributed by atoms with Gasteiger partial charge in [-0.25, -0.2) is 0 Å². The van der Waals surface area contributed by atoms with Gasteiger partial charge in [0.15, 0.2) is 0 Å². The fourth-order valence-electron chi connectivity index (χ4n) is 2.01. The van der Waals surface area contributed by atoms with Crippen molar-refractivity contribution in [2.24, 2.45) is 0 Å². The number of amides is 1. The van der Waals surface area contributed by atoms with E-state index in [2.05, 4.69) is 10.3 Å².